The van der Waals surface area contributed by atoms with Gasteiger partial charge < -0.3 is 19.7 Å². The van der Waals surface area contributed by atoms with Crippen LogP contribution in [0.15, 0.2) is 0 Å². The molecule has 7 heteroatoms. The number of hydrogen-bond acceptors (Lipinski definition) is 3. The quantitative estimate of drug-likeness (QED) is 0.845. The van der Waals surface area contributed by atoms with Gasteiger partial charge in [-0.05, 0) is 32.6 Å². The number of urea groups is 1. The molecule has 22 heavy (non-hydrogen) atoms. The van der Waals surface area contributed by atoms with Crippen molar-refractivity contribution in [3.8, 4) is 0 Å². The number of halogens is 2. The number of morpholine rings is 1. The van der Waals surface area contributed by atoms with Gasteiger partial charge in [-0.1, -0.05) is 0 Å². The van der Waals surface area contributed by atoms with Crippen LogP contribution in [0.4, 0.5) is 13.6 Å². The lowest BCUT2D eigenvalue weighted by molar-refractivity contribution is -0.0570. The number of carbonyl (C=O) groups is 1. The molecule has 0 bridgehead atoms. The lowest BCUT2D eigenvalue weighted by Gasteiger charge is -2.35. The molecule has 5 nitrogen and oxygen atoms in total. The zero-order valence-corrected chi connectivity index (χ0v) is 13.1. The fourth-order valence-electron chi connectivity index (χ4n) is 3.04. The maximum absolute atomic E-state index is 12.6. The second-order valence-corrected chi connectivity index (χ2v) is 5.99. The minimum atomic E-state index is -2.24. The van der Waals surface area contributed by atoms with Crippen LogP contribution in [0.3, 0.4) is 0 Å². The number of alkyl halides is 2. The molecule has 1 atom stereocenters. The second-order valence-electron chi connectivity index (χ2n) is 5.99. The molecule has 0 radical (unpaired) electrons. The maximum Gasteiger partial charge on any atom is 0.317 e. The number of amides is 2. The Morgan fingerprint density at radius 1 is 1.36 bits per heavy atom. The van der Waals surface area contributed by atoms with E-state index in [9.17, 15) is 13.6 Å². The molecule has 0 spiro atoms. The minimum absolute atomic E-state index is 0.00990. The Hall–Kier alpha value is -0.950. The van der Waals surface area contributed by atoms with E-state index in [-0.39, 0.29) is 18.2 Å². The average molecular weight is 320 g/mol. The van der Waals surface area contributed by atoms with Gasteiger partial charge >= 0.3 is 6.03 Å². The van der Waals surface area contributed by atoms with Crippen molar-refractivity contribution in [1.29, 1.82) is 0 Å². The van der Waals surface area contributed by atoms with E-state index in [1.54, 1.807) is 4.90 Å². The molecule has 2 aliphatic rings. The molecule has 1 saturated heterocycles. The van der Waals surface area contributed by atoms with Crippen molar-refractivity contribution in [3.05, 3.63) is 0 Å². The van der Waals surface area contributed by atoms with Gasteiger partial charge in [-0.3, -0.25) is 0 Å². The maximum atomic E-state index is 12.6. The number of ether oxygens (including phenoxy) is 2. The van der Waals surface area contributed by atoms with E-state index in [1.165, 1.54) is 0 Å². The van der Waals surface area contributed by atoms with Crippen molar-refractivity contribution in [1.82, 2.24) is 10.2 Å². The average Bonchev–Trinajstić information content (AvgIpc) is 2.53. The highest BCUT2D eigenvalue weighted by molar-refractivity contribution is 5.74. The van der Waals surface area contributed by atoms with Crippen LogP contribution in [0.5, 0.6) is 0 Å². The number of carbonyl (C=O) groups excluding carboxylic acids is 1. The smallest absolute Gasteiger partial charge is 0.317 e. The lowest BCUT2D eigenvalue weighted by atomic mass is 9.86. The van der Waals surface area contributed by atoms with Gasteiger partial charge in [-0.25, -0.2) is 13.6 Å². The van der Waals surface area contributed by atoms with Gasteiger partial charge in [-0.2, -0.15) is 0 Å². The first-order valence-corrected chi connectivity index (χ1v) is 8.13. The van der Waals surface area contributed by atoms with Crippen LogP contribution in [0.2, 0.25) is 0 Å². The zero-order valence-electron chi connectivity index (χ0n) is 13.1. The molecule has 0 aromatic carbocycles. The Bertz CT molecular complexity index is 350. The van der Waals surface area contributed by atoms with Gasteiger partial charge in [0.2, 0.25) is 6.43 Å². The first-order chi connectivity index (χ1) is 10.6. The highest BCUT2D eigenvalue weighted by Crippen LogP contribution is 2.29. The zero-order chi connectivity index (χ0) is 15.9. The van der Waals surface area contributed by atoms with Crippen molar-refractivity contribution in [2.75, 3.05) is 32.9 Å². The Morgan fingerprint density at radius 3 is 2.73 bits per heavy atom. The normalized spacial score (nSPS) is 29.6. The third-order valence-electron chi connectivity index (χ3n) is 4.39. The molecule has 2 rings (SSSR count). The van der Waals surface area contributed by atoms with Gasteiger partial charge in [0.1, 0.15) is 0 Å². The molecule has 2 fully saturated rings. The predicted molar refractivity (Wildman–Crippen MR) is 78.1 cm³/mol. The summed E-state index contributed by atoms with van der Waals surface area (Å²) < 4.78 is 36.1. The van der Waals surface area contributed by atoms with Gasteiger partial charge in [-0.15, -0.1) is 0 Å². The Morgan fingerprint density at radius 2 is 2.09 bits per heavy atom. The van der Waals surface area contributed by atoms with E-state index in [0.29, 0.717) is 58.6 Å². The Kier molecular flexibility index (Phi) is 6.82. The van der Waals surface area contributed by atoms with Gasteiger partial charge in [0, 0.05) is 25.1 Å². The minimum Gasteiger partial charge on any atom is -0.379 e. The largest absolute Gasteiger partial charge is 0.379 e. The highest BCUT2D eigenvalue weighted by Gasteiger charge is 2.30. The molecule has 0 aromatic heterocycles. The standard InChI is InChI=1S/C15H26F2N2O3/c1-2-21-10-13-9-19(7-8-22-13)15(20)18-12-5-3-11(4-6-12)14(16)17/h11-14H,2-10H2,1H3,(H,18,20). The molecule has 2 amide bonds. The van der Waals surface area contributed by atoms with Crippen LogP contribution in [0, 0.1) is 5.92 Å². The van der Waals surface area contributed by atoms with Crippen molar-refractivity contribution in [3.63, 3.8) is 0 Å². The molecule has 128 valence electrons. The van der Waals surface area contributed by atoms with Crippen LogP contribution in [-0.2, 0) is 9.47 Å². The fourth-order valence-corrected chi connectivity index (χ4v) is 3.04. The summed E-state index contributed by atoms with van der Waals surface area (Å²) in [5.74, 6) is -0.507. The first kappa shape index (κ1) is 17.4. The molecule has 1 saturated carbocycles. The van der Waals surface area contributed by atoms with Crippen molar-refractivity contribution in [2.24, 2.45) is 5.92 Å². The summed E-state index contributed by atoms with van der Waals surface area (Å²) in [5, 5.41) is 2.97. The predicted octanol–water partition coefficient (Wildman–Crippen LogP) is 2.26. The topological polar surface area (TPSA) is 50.8 Å². The summed E-state index contributed by atoms with van der Waals surface area (Å²) in [6.45, 7) is 4.60. The van der Waals surface area contributed by atoms with Crippen LogP contribution < -0.4 is 5.32 Å². The van der Waals surface area contributed by atoms with E-state index in [0.717, 1.165) is 0 Å². The summed E-state index contributed by atoms with van der Waals surface area (Å²) in [4.78, 5) is 14.0. The summed E-state index contributed by atoms with van der Waals surface area (Å²) in [6, 6.07) is -0.110. The molecule has 1 aliphatic carbocycles. The Balaban J connectivity index is 1.73. The molecule has 1 N–H and O–H groups in total. The monoisotopic (exact) mass is 320 g/mol. The third kappa shape index (κ3) is 5.05. The number of rotatable bonds is 5. The van der Waals surface area contributed by atoms with E-state index in [1.807, 2.05) is 6.92 Å². The SMILES string of the molecule is CCOCC1CN(C(=O)NC2CCC(C(F)F)CC2)CCO1. The Labute approximate surface area is 130 Å². The molecule has 1 heterocycles. The summed E-state index contributed by atoms with van der Waals surface area (Å²) in [7, 11) is 0. The molecular formula is C15H26F2N2O3. The number of nitrogens with one attached hydrogen (secondary N) is 1. The fraction of sp³-hybridized carbons (Fsp3) is 0.933. The van der Waals surface area contributed by atoms with Crippen LogP contribution in [0.25, 0.3) is 0 Å². The summed E-state index contributed by atoms with van der Waals surface area (Å²) in [6.07, 6.45) is -0.0950. The van der Waals surface area contributed by atoms with Crippen LogP contribution in [0.1, 0.15) is 32.6 Å². The van der Waals surface area contributed by atoms with Crippen LogP contribution >= 0.6 is 0 Å². The lowest BCUT2D eigenvalue weighted by Crippen LogP contribution is -2.53. The summed E-state index contributed by atoms with van der Waals surface area (Å²) >= 11 is 0. The van der Waals surface area contributed by atoms with E-state index >= 15 is 0 Å². The molecular weight excluding hydrogens is 294 g/mol. The molecule has 1 aliphatic heterocycles. The summed E-state index contributed by atoms with van der Waals surface area (Å²) in [5.41, 5.74) is 0. The number of nitrogens with zero attached hydrogens (tertiary/aromatic N) is 1. The van der Waals surface area contributed by atoms with Crippen LogP contribution in [-0.4, -0.2) is 62.4 Å². The molecule has 0 aromatic rings. The highest BCUT2D eigenvalue weighted by atomic mass is 19.3. The second kappa shape index (κ2) is 8.62. The third-order valence-corrected chi connectivity index (χ3v) is 4.39. The van der Waals surface area contributed by atoms with Crippen molar-refractivity contribution < 1.29 is 23.0 Å². The van der Waals surface area contributed by atoms with Crippen molar-refractivity contribution in [2.45, 2.75) is 51.2 Å². The molecule has 1 unspecified atom stereocenters. The van der Waals surface area contributed by atoms with Crippen molar-refractivity contribution >= 4 is 6.03 Å². The van der Waals surface area contributed by atoms with Gasteiger partial charge in [0.15, 0.2) is 0 Å². The first-order valence-electron chi connectivity index (χ1n) is 8.13. The van der Waals surface area contributed by atoms with Gasteiger partial charge in [0.05, 0.1) is 25.9 Å². The van der Waals surface area contributed by atoms with E-state index < -0.39 is 12.3 Å². The van der Waals surface area contributed by atoms with E-state index in [2.05, 4.69) is 5.32 Å². The van der Waals surface area contributed by atoms with Gasteiger partial charge in [0.25, 0.3) is 0 Å². The van der Waals surface area contributed by atoms with E-state index in [4.69, 9.17) is 9.47 Å². The number of hydrogen-bond donors (Lipinski definition) is 1.